The van der Waals surface area contributed by atoms with Crippen LogP contribution < -0.4 is 0 Å². The molecule has 15 heteroatoms. The number of aliphatic hydroxyl groups excluding tert-OH is 2. The van der Waals surface area contributed by atoms with E-state index in [2.05, 4.69) is 0 Å². The van der Waals surface area contributed by atoms with Crippen molar-refractivity contribution in [3.8, 4) is 0 Å². The van der Waals surface area contributed by atoms with Crippen LogP contribution in [0.5, 0.6) is 0 Å². The summed E-state index contributed by atoms with van der Waals surface area (Å²) in [7, 11) is 5.33. The number of carbonyl (C=O) groups excluding carboxylic acids is 3. The lowest BCUT2D eigenvalue weighted by Crippen LogP contribution is -2.62. The molecule has 0 aromatic carbocycles. The van der Waals surface area contributed by atoms with E-state index in [9.17, 15) is 24.6 Å². The quantitative estimate of drug-likeness (QED) is 0.276. The molecule has 58 heavy (non-hydrogen) atoms. The first-order chi connectivity index (χ1) is 27.1. The zero-order valence-corrected chi connectivity index (χ0v) is 37.0. The van der Waals surface area contributed by atoms with Crippen molar-refractivity contribution in [2.75, 3.05) is 34.4 Å². The molecular formula is C43H72N2O13. The fourth-order valence-corrected chi connectivity index (χ4v) is 10.4. The van der Waals surface area contributed by atoms with Gasteiger partial charge in [0.25, 0.3) is 0 Å². The van der Waals surface area contributed by atoms with Crippen LogP contribution >= 0.6 is 0 Å². The standard InChI is InChI=1S/C43H72N2O13/c1-14-30-43(10)35-25(4)32(46)23(2)21-42(9,52-19-17-15-16-18-45(35)40(50)58-43)37(57-39-33(47)29(44(11)12)20-24(3)53-39)26(5)34(27(6)38(49)55-30)56-31-22-41(8,51-13)36(48)28(7)54-31/h15,17,23-31,33-37,39,47-48H,14,16,18-22H2,1-13H3/b17-15+/t23-,24-,25-,26+,27-,28+,29+,30-,31+,33-,34+,35+,36+,37-,39+,41-,42-,43-/m1/s1. The number of esters is 1. The van der Waals surface area contributed by atoms with E-state index in [1.54, 1.807) is 32.6 Å². The summed E-state index contributed by atoms with van der Waals surface area (Å²) >= 11 is 0. The Labute approximate surface area is 345 Å². The van der Waals surface area contributed by atoms with Crippen molar-refractivity contribution in [1.29, 1.82) is 0 Å². The zero-order chi connectivity index (χ0) is 43.1. The van der Waals surface area contributed by atoms with Gasteiger partial charge in [-0.2, -0.15) is 0 Å². The van der Waals surface area contributed by atoms with Crippen LogP contribution in [0.3, 0.4) is 0 Å². The molecule has 15 nitrogen and oxygen atoms in total. The van der Waals surface area contributed by atoms with Crippen LogP contribution in [0, 0.1) is 23.7 Å². The van der Waals surface area contributed by atoms with Gasteiger partial charge in [-0.3, -0.25) is 9.59 Å². The number of ketones is 1. The molecule has 5 aliphatic rings. The van der Waals surface area contributed by atoms with E-state index in [1.165, 1.54) is 7.11 Å². The Morgan fingerprint density at radius 3 is 2.28 bits per heavy atom. The normalized spacial score (nSPS) is 47.9. The van der Waals surface area contributed by atoms with Crippen molar-refractivity contribution in [3.63, 3.8) is 0 Å². The monoisotopic (exact) mass is 825 g/mol. The van der Waals surface area contributed by atoms with Gasteiger partial charge in [0.1, 0.15) is 24.1 Å². The number of cyclic esters (lactones) is 1. The molecule has 5 aliphatic heterocycles. The van der Waals surface area contributed by atoms with Gasteiger partial charge in [-0.25, -0.2) is 4.79 Å². The van der Waals surface area contributed by atoms with Crippen molar-refractivity contribution in [2.45, 2.75) is 186 Å². The SMILES string of the molecule is CC[C@H]1OC(=O)[C@H](C)[C@@H](O[C@H]2C[C@@](C)(OC)[C@@H](O)[C@H](C)O2)[C@H](C)[C@@H](O[C@@H]2O[C@H](C)C[C@H](N(C)C)[C@H]2O)[C@@]2(C)C[C@@H](C)C(=O)[C@@H](C)[C@@H]3N(CC/C=C/CO2)C(=O)O[C@@]31C. The zero-order valence-electron chi connectivity index (χ0n) is 37.0. The third-order valence-corrected chi connectivity index (χ3v) is 13.9. The Balaban J connectivity index is 1.70. The highest BCUT2D eigenvalue weighted by Crippen LogP contribution is 2.45. The molecule has 0 radical (unpaired) electrons. The molecule has 5 rings (SSSR count). The second-order valence-corrected chi connectivity index (χ2v) is 18.5. The molecule has 18 atom stereocenters. The highest BCUT2D eigenvalue weighted by molar-refractivity contribution is 5.85. The van der Waals surface area contributed by atoms with E-state index < -0.39 is 108 Å². The lowest BCUT2D eigenvalue weighted by Gasteiger charge is -2.50. The number of ether oxygens (including phenoxy) is 8. The van der Waals surface area contributed by atoms with Crippen molar-refractivity contribution >= 4 is 17.8 Å². The van der Waals surface area contributed by atoms with Crippen LogP contribution in [0.2, 0.25) is 0 Å². The number of Topliss-reactive ketones (excluding diaryl/α,β-unsaturated/α-hetero) is 1. The van der Waals surface area contributed by atoms with Crippen LogP contribution in [0.15, 0.2) is 12.2 Å². The van der Waals surface area contributed by atoms with E-state index in [1.807, 2.05) is 72.7 Å². The van der Waals surface area contributed by atoms with Crippen molar-refractivity contribution in [3.05, 3.63) is 12.2 Å². The average Bonchev–Trinajstić information content (AvgIpc) is 3.43. The molecule has 5 heterocycles. The summed E-state index contributed by atoms with van der Waals surface area (Å²) in [5.74, 6) is -3.70. The van der Waals surface area contributed by atoms with Gasteiger partial charge in [-0.15, -0.1) is 0 Å². The number of methoxy groups -OCH3 is 1. The number of hydrogen-bond acceptors (Lipinski definition) is 14. The second-order valence-electron chi connectivity index (χ2n) is 18.5. The number of rotatable bonds is 7. The van der Waals surface area contributed by atoms with Crippen molar-refractivity contribution < 1.29 is 62.5 Å². The molecule has 4 fully saturated rings. The molecule has 0 spiro atoms. The summed E-state index contributed by atoms with van der Waals surface area (Å²) in [4.78, 5) is 46.8. The fraction of sp³-hybridized carbons (Fsp3) is 0.884. The number of amides is 1. The third kappa shape index (κ3) is 9.18. The highest BCUT2D eigenvalue weighted by Gasteiger charge is 2.61. The number of aliphatic hydroxyl groups is 2. The van der Waals surface area contributed by atoms with E-state index >= 15 is 0 Å². The summed E-state index contributed by atoms with van der Waals surface area (Å²) in [6.07, 6.45) is -2.87. The predicted molar refractivity (Wildman–Crippen MR) is 212 cm³/mol. The maximum Gasteiger partial charge on any atom is 0.410 e. The molecule has 2 bridgehead atoms. The maximum absolute atomic E-state index is 14.8. The Morgan fingerprint density at radius 1 is 0.948 bits per heavy atom. The topological polar surface area (TPSA) is 172 Å². The van der Waals surface area contributed by atoms with Gasteiger partial charge in [0.05, 0.1) is 54.2 Å². The summed E-state index contributed by atoms with van der Waals surface area (Å²) in [5.41, 5.74) is -3.62. The van der Waals surface area contributed by atoms with Gasteiger partial charge in [0.2, 0.25) is 0 Å². The smallest absolute Gasteiger partial charge is 0.410 e. The van der Waals surface area contributed by atoms with E-state index in [0.29, 0.717) is 19.3 Å². The molecule has 2 N–H and O–H groups in total. The molecule has 0 aliphatic carbocycles. The van der Waals surface area contributed by atoms with E-state index in [4.69, 9.17) is 37.9 Å². The Bertz CT molecular complexity index is 1480. The molecular weight excluding hydrogens is 752 g/mol. The number of fused-ring (bicyclic) bond motifs is 4. The Kier molecular flexibility index (Phi) is 14.9. The first kappa shape index (κ1) is 46.8. The largest absolute Gasteiger partial charge is 0.458 e. The number of nitrogens with zero attached hydrogens (tertiary/aromatic N) is 2. The second kappa shape index (κ2) is 18.4. The van der Waals surface area contributed by atoms with Gasteiger partial charge in [0.15, 0.2) is 18.2 Å². The Hall–Kier alpha value is -2.21. The molecule has 332 valence electrons. The van der Waals surface area contributed by atoms with Crippen LogP contribution in [-0.4, -0.2) is 156 Å². The Morgan fingerprint density at radius 2 is 1.64 bits per heavy atom. The van der Waals surface area contributed by atoms with Gasteiger partial charge in [0, 0.05) is 43.9 Å². The van der Waals surface area contributed by atoms with Gasteiger partial charge >= 0.3 is 12.1 Å². The van der Waals surface area contributed by atoms with Gasteiger partial charge < -0.3 is 57.9 Å². The van der Waals surface area contributed by atoms with Crippen molar-refractivity contribution in [2.24, 2.45) is 23.7 Å². The molecule has 0 unspecified atom stereocenters. The van der Waals surface area contributed by atoms with Gasteiger partial charge in [-0.1, -0.05) is 39.8 Å². The molecule has 0 aromatic heterocycles. The minimum absolute atomic E-state index is 0.107. The summed E-state index contributed by atoms with van der Waals surface area (Å²) in [6, 6.07) is -1.02. The van der Waals surface area contributed by atoms with Crippen molar-refractivity contribution in [1.82, 2.24) is 9.80 Å². The molecule has 1 amide bonds. The number of carbonyl (C=O) groups is 3. The fourth-order valence-electron chi connectivity index (χ4n) is 10.4. The summed E-state index contributed by atoms with van der Waals surface area (Å²) in [6.45, 7) is 18.7. The summed E-state index contributed by atoms with van der Waals surface area (Å²) < 4.78 is 51.8. The summed E-state index contributed by atoms with van der Waals surface area (Å²) in [5, 5.41) is 22.9. The van der Waals surface area contributed by atoms with E-state index in [0.717, 1.165) is 0 Å². The van der Waals surface area contributed by atoms with Crippen LogP contribution in [0.1, 0.15) is 101 Å². The number of hydrogen-bond donors (Lipinski definition) is 2. The maximum atomic E-state index is 14.8. The first-order valence-electron chi connectivity index (χ1n) is 21.3. The van der Waals surface area contributed by atoms with Gasteiger partial charge in [-0.05, 0) is 81.3 Å². The minimum Gasteiger partial charge on any atom is -0.458 e. The highest BCUT2D eigenvalue weighted by atomic mass is 16.7. The minimum atomic E-state index is -1.36. The lowest BCUT2D eigenvalue weighted by molar-refractivity contribution is -0.320. The third-order valence-electron chi connectivity index (χ3n) is 13.9. The predicted octanol–water partition coefficient (Wildman–Crippen LogP) is 4.24. The number of likely N-dealkylation sites (N-methyl/N-ethyl adjacent to an activating group) is 1. The van der Waals surface area contributed by atoms with Crippen LogP contribution in [0.25, 0.3) is 0 Å². The van der Waals surface area contributed by atoms with Crippen LogP contribution in [-0.2, 0) is 47.5 Å². The molecule has 4 saturated heterocycles. The van der Waals surface area contributed by atoms with Crippen LogP contribution in [0.4, 0.5) is 4.79 Å². The average molecular weight is 825 g/mol. The first-order valence-corrected chi connectivity index (χ1v) is 21.3. The molecule has 0 saturated carbocycles. The molecule has 0 aromatic rings. The lowest BCUT2D eigenvalue weighted by atomic mass is 9.73. The van der Waals surface area contributed by atoms with E-state index in [-0.39, 0.29) is 43.9 Å².